The van der Waals surface area contributed by atoms with Crippen molar-refractivity contribution < 1.29 is 4.74 Å². The van der Waals surface area contributed by atoms with Crippen LogP contribution in [-0.2, 0) is 19.6 Å². The third kappa shape index (κ3) is 2.56. The molecule has 0 atom stereocenters. The lowest BCUT2D eigenvalue weighted by Gasteiger charge is -2.16. The van der Waals surface area contributed by atoms with Crippen molar-refractivity contribution in [1.29, 1.82) is 0 Å². The highest BCUT2D eigenvalue weighted by molar-refractivity contribution is 5.47. The highest BCUT2D eigenvalue weighted by Gasteiger charge is 2.18. The molecule has 2 aromatic carbocycles. The number of ether oxygens (including phenoxy) is 1. The molecular weight excluding hydrogens is 236 g/mol. The van der Waals surface area contributed by atoms with Crippen molar-refractivity contribution in [2.24, 2.45) is 0 Å². The molecule has 3 nitrogen and oxygen atoms in total. The molecule has 0 bridgehead atoms. The number of hydrogen-bond acceptors (Lipinski definition) is 3. The fourth-order valence-corrected chi connectivity index (χ4v) is 2.67. The van der Waals surface area contributed by atoms with Crippen LogP contribution >= 0.6 is 0 Å². The van der Waals surface area contributed by atoms with Gasteiger partial charge in [0.1, 0.15) is 5.75 Å². The minimum absolute atomic E-state index is 0.756. The summed E-state index contributed by atoms with van der Waals surface area (Å²) in [4.78, 5) is 2.42. The number of nitrogen functional groups attached to an aromatic ring is 1. The second-order valence-electron chi connectivity index (χ2n) is 5.03. The predicted octanol–water partition coefficient (Wildman–Crippen LogP) is 2.79. The molecule has 0 amide bonds. The Morgan fingerprint density at radius 1 is 1.11 bits per heavy atom. The van der Waals surface area contributed by atoms with E-state index in [0.29, 0.717) is 0 Å². The normalized spacial score (nSPS) is 14.4. The van der Waals surface area contributed by atoms with Crippen LogP contribution in [0.4, 0.5) is 5.69 Å². The summed E-state index contributed by atoms with van der Waals surface area (Å²) >= 11 is 0. The molecule has 3 rings (SSSR count). The van der Waals surface area contributed by atoms with Crippen LogP contribution in [0.25, 0.3) is 0 Å². The summed E-state index contributed by atoms with van der Waals surface area (Å²) in [6, 6.07) is 14.5. The van der Waals surface area contributed by atoms with E-state index in [4.69, 9.17) is 10.5 Å². The van der Waals surface area contributed by atoms with Gasteiger partial charge < -0.3 is 10.5 Å². The van der Waals surface area contributed by atoms with Gasteiger partial charge in [-0.2, -0.15) is 0 Å². The Morgan fingerprint density at radius 2 is 1.79 bits per heavy atom. The lowest BCUT2D eigenvalue weighted by molar-refractivity contribution is 0.275. The maximum atomic E-state index is 5.89. The van der Waals surface area contributed by atoms with Gasteiger partial charge in [-0.25, -0.2) is 0 Å². The topological polar surface area (TPSA) is 38.5 Å². The molecule has 0 saturated carbocycles. The van der Waals surface area contributed by atoms with E-state index in [1.54, 1.807) is 7.11 Å². The number of fused-ring (bicyclic) bond motifs is 1. The van der Waals surface area contributed by atoms with E-state index >= 15 is 0 Å². The SMILES string of the molecule is COc1cc(N)cc(CN2Cc3ccccc3C2)c1. The number of methoxy groups -OCH3 is 1. The average Bonchev–Trinajstić information content (AvgIpc) is 2.80. The molecule has 1 aliphatic heterocycles. The number of nitrogens with zero attached hydrogens (tertiary/aromatic N) is 1. The third-order valence-electron chi connectivity index (χ3n) is 3.54. The van der Waals surface area contributed by atoms with Crippen LogP contribution in [0.2, 0.25) is 0 Å². The summed E-state index contributed by atoms with van der Waals surface area (Å²) in [6.45, 7) is 2.91. The molecule has 1 heterocycles. The zero-order valence-electron chi connectivity index (χ0n) is 11.1. The van der Waals surface area contributed by atoms with Crippen LogP contribution in [0.3, 0.4) is 0 Å². The lowest BCUT2D eigenvalue weighted by atomic mass is 10.1. The monoisotopic (exact) mass is 254 g/mol. The Kier molecular flexibility index (Phi) is 3.13. The summed E-state index contributed by atoms with van der Waals surface area (Å²) in [5.74, 6) is 0.826. The Hall–Kier alpha value is -2.00. The van der Waals surface area contributed by atoms with Gasteiger partial charge in [0.2, 0.25) is 0 Å². The largest absolute Gasteiger partial charge is 0.497 e. The predicted molar refractivity (Wildman–Crippen MR) is 76.8 cm³/mol. The molecule has 0 fully saturated rings. The first-order valence-electron chi connectivity index (χ1n) is 6.47. The van der Waals surface area contributed by atoms with Gasteiger partial charge in [0.15, 0.2) is 0 Å². The van der Waals surface area contributed by atoms with Crippen molar-refractivity contribution in [3.8, 4) is 5.75 Å². The Labute approximate surface area is 113 Å². The molecule has 0 spiro atoms. The summed E-state index contributed by atoms with van der Waals surface area (Å²) in [5, 5.41) is 0. The second-order valence-corrected chi connectivity index (χ2v) is 5.03. The molecule has 0 radical (unpaired) electrons. The molecule has 19 heavy (non-hydrogen) atoms. The van der Waals surface area contributed by atoms with E-state index in [0.717, 1.165) is 31.1 Å². The Balaban J connectivity index is 1.75. The van der Waals surface area contributed by atoms with Gasteiger partial charge >= 0.3 is 0 Å². The van der Waals surface area contributed by atoms with Crippen LogP contribution in [0, 0.1) is 0 Å². The summed E-state index contributed by atoms with van der Waals surface area (Å²) < 4.78 is 5.26. The zero-order valence-corrected chi connectivity index (χ0v) is 11.1. The first-order valence-corrected chi connectivity index (χ1v) is 6.47. The molecule has 98 valence electrons. The molecule has 0 saturated heterocycles. The van der Waals surface area contributed by atoms with Crippen molar-refractivity contribution in [3.05, 3.63) is 59.2 Å². The van der Waals surface area contributed by atoms with E-state index in [2.05, 4.69) is 35.2 Å². The number of nitrogens with two attached hydrogens (primary N) is 1. The number of hydrogen-bond donors (Lipinski definition) is 1. The average molecular weight is 254 g/mol. The fraction of sp³-hybridized carbons (Fsp3) is 0.250. The van der Waals surface area contributed by atoms with Gasteiger partial charge in [0, 0.05) is 31.4 Å². The quantitative estimate of drug-likeness (QED) is 0.856. The van der Waals surface area contributed by atoms with Crippen molar-refractivity contribution in [2.45, 2.75) is 19.6 Å². The Bertz CT molecular complexity index is 570. The molecule has 2 N–H and O–H groups in total. The smallest absolute Gasteiger partial charge is 0.121 e. The van der Waals surface area contributed by atoms with E-state index in [1.165, 1.54) is 16.7 Å². The minimum Gasteiger partial charge on any atom is -0.497 e. The summed E-state index contributed by atoms with van der Waals surface area (Å²) in [6.07, 6.45) is 0. The second kappa shape index (κ2) is 4.94. The minimum atomic E-state index is 0.756. The molecule has 0 aromatic heterocycles. The molecule has 0 unspecified atom stereocenters. The van der Waals surface area contributed by atoms with Gasteiger partial charge in [0.05, 0.1) is 7.11 Å². The maximum Gasteiger partial charge on any atom is 0.121 e. The first kappa shape index (κ1) is 12.1. The van der Waals surface area contributed by atoms with Gasteiger partial charge in [-0.05, 0) is 28.8 Å². The lowest BCUT2D eigenvalue weighted by Crippen LogP contribution is -2.15. The molecule has 2 aromatic rings. The van der Waals surface area contributed by atoms with E-state index in [-0.39, 0.29) is 0 Å². The number of rotatable bonds is 3. The van der Waals surface area contributed by atoms with E-state index in [1.807, 2.05) is 12.1 Å². The number of anilines is 1. The third-order valence-corrected chi connectivity index (χ3v) is 3.54. The van der Waals surface area contributed by atoms with E-state index in [9.17, 15) is 0 Å². The molecule has 3 heteroatoms. The Morgan fingerprint density at radius 3 is 2.42 bits per heavy atom. The van der Waals surface area contributed by atoms with Crippen molar-refractivity contribution in [1.82, 2.24) is 4.90 Å². The van der Waals surface area contributed by atoms with Gasteiger partial charge in [-0.3, -0.25) is 4.90 Å². The van der Waals surface area contributed by atoms with Crippen molar-refractivity contribution in [2.75, 3.05) is 12.8 Å². The molecule has 1 aliphatic rings. The standard InChI is InChI=1S/C16H18N2O/c1-19-16-7-12(6-15(17)8-16)9-18-10-13-4-2-3-5-14(13)11-18/h2-8H,9-11,17H2,1H3. The van der Waals surface area contributed by atoms with Crippen LogP contribution in [0.15, 0.2) is 42.5 Å². The first-order chi connectivity index (χ1) is 9.24. The zero-order chi connectivity index (χ0) is 13.2. The summed E-state index contributed by atoms with van der Waals surface area (Å²) in [5.41, 5.74) is 10.7. The number of benzene rings is 2. The van der Waals surface area contributed by atoms with E-state index < -0.39 is 0 Å². The van der Waals surface area contributed by atoms with Crippen LogP contribution < -0.4 is 10.5 Å². The highest BCUT2D eigenvalue weighted by atomic mass is 16.5. The highest BCUT2D eigenvalue weighted by Crippen LogP contribution is 2.26. The van der Waals surface area contributed by atoms with Crippen LogP contribution in [0.1, 0.15) is 16.7 Å². The maximum absolute atomic E-state index is 5.89. The van der Waals surface area contributed by atoms with Crippen molar-refractivity contribution in [3.63, 3.8) is 0 Å². The summed E-state index contributed by atoms with van der Waals surface area (Å²) in [7, 11) is 1.67. The molecular formula is C16H18N2O. The van der Waals surface area contributed by atoms with Gasteiger partial charge in [-0.1, -0.05) is 24.3 Å². The fourth-order valence-electron chi connectivity index (χ4n) is 2.67. The van der Waals surface area contributed by atoms with Gasteiger partial charge in [0.25, 0.3) is 0 Å². The van der Waals surface area contributed by atoms with Gasteiger partial charge in [-0.15, -0.1) is 0 Å². The van der Waals surface area contributed by atoms with Crippen LogP contribution in [0.5, 0.6) is 5.75 Å². The van der Waals surface area contributed by atoms with Crippen LogP contribution in [-0.4, -0.2) is 12.0 Å². The van der Waals surface area contributed by atoms with Crippen molar-refractivity contribution >= 4 is 5.69 Å². The molecule has 0 aliphatic carbocycles.